The van der Waals surface area contributed by atoms with Crippen molar-refractivity contribution in [3.63, 3.8) is 0 Å². The summed E-state index contributed by atoms with van der Waals surface area (Å²) in [7, 11) is 0. The molecule has 0 aliphatic heterocycles. The quantitative estimate of drug-likeness (QED) is 0.755. The summed E-state index contributed by atoms with van der Waals surface area (Å²) in [5, 5.41) is 2.68. The fraction of sp³-hybridized carbons (Fsp3) is 0.133. The molecule has 0 heterocycles. The second-order valence-corrected chi connectivity index (χ2v) is 4.60. The number of nitrogen functional groups attached to an aromatic ring is 2. The van der Waals surface area contributed by atoms with Gasteiger partial charge in [0, 0.05) is 12.1 Å². The number of hydrogen-bond donors (Lipinski definition) is 3. The van der Waals surface area contributed by atoms with Crippen LogP contribution in [0, 0.1) is 11.6 Å². The summed E-state index contributed by atoms with van der Waals surface area (Å²) in [6, 6.07) is 8.27. The SMILES string of the molecule is Nc1ccc(C(=O)NCCc2ccc(F)c(F)c2)cc1N. The van der Waals surface area contributed by atoms with E-state index in [0.717, 1.165) is 12.1 Å². The van der Waals surface area contributed by atoms with Gasteiger partial charge in [-0.1, -0.05) is 6.07 Å². The number of carbonyl (C=O) groups is 1. The minimum Gasteiger partial charge on any atom is -0.397 e. The van der Waals surface area contributed by atoms with Crippen molar-refractivity contribution < 1.29 is 13.6 Å². The molecule has 2 aromatic carbocycles. The molecule has 0 spiro atoms. The summed E-state index contributed by atoms with van der Waals surface area (Å²) in [4.78, 5) is 11.9. The lowest BCUT2D eigenvalue weighted by Gasteiger charge is -2.07. The first-order chi connectivity index (χ1) is 9.97. The Balaban J connectivity index is 1.92. The topological polar surface area (TPSA) is 81.1 Å². The van der Waals surface area contributed by atoms with Gasteiger partial charge in [-0.05, 0) is 42.3 Å². The van der Waals surface area contributed by atoms with Crippen LogP contribution in [-0.4, -0.2) is 12.5 Å². The first kappa shape index (κ1) is 14.8. The van der Waals surface area contributed by atoms with Crippen LogP contribution in [0.5, 0.6) is 0 Å². The maximum absolute atomic E-state index is 13.0. The van der Waals surface area contributed by atoms with Gasteiger partial charge >= 0.3 is 0 Å². The van der Waals surface area contributed by atoms with Crippen LogP contribution in [0.3, 0.4) is 0 Å². The van der Waals surface area contributed by atoms with E-state index < -0.39 is 11.6 Å². The third kappa shape index (κ3) is 3.68. The number of halogens is 2. The zero-order chi connectivity index (χ0) is 15.4. The van der Waals surface area contributed by atoms with Gasteiger partial charge in [-0.2, -0.15) is 0 Å². The summed E-state index contributed by atoms with van der Waals surface area (Å²) >= 11 is 0. The van der Waals surface area contributed by atoms with Gasteiger partial charge in [0.1, 0.15) is 0 Å². The number of nitrogens with two attached hydrogens (primary N) is 2. The van der Waals surface area contributed by atoms with Crippen molar-refractivity contribution in [1.29, 1.82) is 0 Å². The van der Waals surface area contributed by atoms with Crippen LogP contribution in [0.25, 0.3) is 0 Å². The Bertz CT molecular complexity index is 674. The summed E-state index contributed by atoms with van der Waals surface area (Å²) in [5.41, 5.74) is 12.9. The molecule has 21 heavy (non-hydrogen) atoms. The molecule has 1 amide bonds. The van der Waals surface area contributed by atoms with E-state index in [0.29, 0.717) is 35.5 Å². The average Bonchev–Trinajstić information content (AvgIpc) is 2.45. The Hall–Kier alpha value is -2.63. The number of benzene rings is 2. The van der Waals surface area contributed by atoms with Gasteiger partial charge in [-0.15, -0.1) is 0 Å². The number of nitrogens with one attached hydrogen (secondary N) is 1. The molecule has 0 saturated carbocycles. The molecule has 0 aliphatic rings. The fourth-order valence-electron chi connectivity index (χ4n) is 1.83. The van der Waals surface area contributed by atoms with E-state index >= 15 is 0 Å². The molecular formula is C15H15F2N3O. The third-order valence-corrected chi connectivity index (χ3v) is 3.03. The standard InChI is InChI=1S/C15H15F2N3O/c16-11-3-1-9(7-12(11)17)5-6-20-15(21)10-2-4-13(18)14(19)8-10/h1-4,7-8H,5-6,18-19H2,(H,20,21). The molecule has 0 unspecified atom stereocenters. The molecule has 0 atom stereocenters. The highest BCUT2D eigenvalue weighted by Gasteiger charge is 2.07. The van der Waals surface area contributed by atoms with E-state index in [-0.39, 0.29) is 5.91 Å². The van der Waals surface area contributed by atoms with Crippen molar-refractivity contribution >= 4 is 17.3 Å². The first-order valence-electron chi connectivity index (χ1n) is 6.34. The molecule has 0 radical (unpaired) electrons. The Kier molecular flexibility index (Phi) is 4.37. The van der Waals surface area contributed by atoms with E-state index in [9.17, 15) is 13.6 Å². The van der Waals surface area contributed by atoms with Crippen molar-refractivity contribution in [2.45, 2.75) is 6.42 Å². The predicted molar refractivity (Wildman–Crippen MR) is 77.7 cm³/mol. The average molecular weight is 291 g/mol. The highest BCUT2D eigenvalue weighted by Crippen LogP contribution is 2.15. The lowest BCUT2D eigenvalue weighted by Crippen LogP contribution is -2.25. The van der Waals surface area contributed by atoms with E-state index in [1.54, 1.807) is 12.1 Å². The van der Waals surface area contributed by atoms with Crippen molar-refractivity contribution in [2.75, 3.05) is 18.0 Å². The fourth-order valence-corrected chi connectivity index (χ4v) is 1.83. The van der Waals surface area contributed by atoms with Gasteiger partial charge in [-0.25, -0.2) is 8.78 Å². The number of anilines is 2. The third-order valence-electron chi connectivity index (χ3n) is 3.03. The largest absolute Gasteiger partial charge is 0.397 e. The molecule has 2 rings (SSSR count). The zero-order valence-electron chi connectivity index (χ0n) is 11.2. The van der Waals surface area contributed by atoms with E-state index in [2.05, 4.69) is 5.32 Å². The smallest absolute Gasteiger partial charge is 0.251 e. The minimum absolute atomic E-state index is 0.300. The molecule has 0 saturated heterocycles. The maximum atomic E-state index is 13.0. The maximum Gasteiger partial charge on any atom is 0.251 e. The number of amides is 1. The number of carbonyl (C=O) groups excluding carboxylic acids is 1. The lowest BCUT2D eigenvalue weighted by atomic mass is 10.1. The summed E-state index contributed by atoms with van der Waals surface area (Å²) < 4.78 is 25.8. The Morgan fingerprint density at radius 2 is 1.76 bits per heavy atom. The number of hydrogen-bond acceptors (Lipinski definition) is 3. The Morgan fingerprint density at radius 1 is 1.00 bits per heavy atom. The van der Waals surface area contributed by atoms with Gasteiger partial charge in [0.25, 0.3) is 5.91 Å². The van der Waals surface area contributed by atoms with Crippen LogP contribution >= 0.6 is 0 Å². The molecule has 5 N–H and O–H groups in total. The highest BCUT2D eigenvalue weighted by atomic mass is 19.2. The van der Waals surface area contributed by atoms with Crippen LogP contribution in [-0.2, 0) is 6.42 Å². The molecule has 4 nitrogen and oxygen atoms in total. The van der Waals surface area contributed by atoms with E-state index in [4.69, 9.17) is 11.5 Å². The van der Waals surface area contributed by atoms with Crippen molar-refractivity contribution in [1.82, 2.24) is 5.32 Å². The van der Waals surface area contributed by atoms with Crippen LogP contribution in [0.15, 0.2) is 36.4 Å². The highest BCUT2D eigenvalue weighted by molar-refractivity contribution is 5.95. The van der Waals surface area contributed by atoms with Gasteiger partial charge in [0.05, 0.1) is 11.4 Å². The molecule has 0 aliphatic carbocycles. The molecule has 0 fully saturated rings. The molecule has 2 aromatic rings. The molecule has 110 valence electrons. The van der Waals surface area contributed by atoms with Gasteiger partial charge in [0.2, 0.25) is 0 Å². The zero-order valence-corrected chi connectivity index (χ0v) is 11.2. The van der Waals surface area contributed by atoms with Crippen molar-refractivity contribution in [2.24, 2.45) is 0 Å². The molecule has 0 aromatic heterocycles. The normalized spacial score (nSPS) is 10.4. The monoisotopic (exact) mass is 291 g/mol. The summed E-state index contributed by atoms with van der Waals surface area (Å²) in [5.74, 6) is -2.09. The Labute approximate surface area is 120 Å². The van der Waals surface area contributed by atoms with Crippen molar-refractivity contribution in [3.8, 4) is 0 Å². The second kappa shape index (κ2) is 6.21. The van der Waals surface area contributed by atoms with E-state index in [1.165, 1.54) is 12.1 Å². The summed E-state index contributed by atoms with van der Waals surface area (Å²) in [6.07, 6.45) is 0.396. The minimum atomic E-state index is -0.898. The molecular weight excluding hydrogens is 276 g/mol. The van der Waals surface area contributed by atoms with E-state index in [1.807, 2.05) is 0 Å². The summed E-state index contributed by atoms with van der Waals surface area (Å²) in [6.45, 7) is 0.300. The van der Waals surface area contributed by atoms with Gasteiger partial charge < -0.3 is 16.8 Å². The van der Waals surface area contributed by atoms with Crippen LogP contribution < -0.4 is 16.8 Å². The van der Waals surface area contributed by atoms with Gasteiger partial charge in [0.15, 0.2) is 11.6 Å². The van der Waals surface area contributed by atoms with Crippen LogP contribution in [0.2, 0.25) is 0 Å². The predicted octanol–water partition coefficient (Wildman–Crippen LogP) is 2.10. The molecule has 6 heteroatoms. The first-order valence-corrected chi connectivity index (χ1v) is 6.34. The Morgan fingerprint density at radius 3 is 2.43 bits per heavy atom. The van der Waals surface area contributed by atoms with Crippen LogP contribution in [0.1, 0.15) is 15.9 Å². The number of rotatable bonds is 4. The van der Waals surface area contributed by atoms with Crippen molar-refractivity contribution in [3.05, 3.63) is 59.2 Å². The van der Waals surface area contributed by atoms with Crippen LogP contribution in [0.4, 0.5) is 20.2 Å². The second-order valence-electron chi connectivity index (χ2n) is 4.60. The van der Waals surface area contributed by atoms with Gasteiger partial charge in [-0.3, -0.25) is 4.79 Å². The lowest BCUT2D eigenvalue weighted by molar-refractivity contribution is 0.0954. The molecule has 0 bridgehead atoms.